The van der Waals surface area contributed by atoms with Crippen LogP contribution in [0.4, 0.5) is 0 Å². The van der Waals surface area contributed by atoms with Crippen LogP contribution in [0.15, 0.2) is 12.4 Å². The van der Waals surface area contributed by atoms with Crippen molar-refractivity contribution < 1.29 is 14.7 Å². The highest BCUT2D eigenvalue weighted by molar-refractivity contribution is 5.97. The Morgan fingerprint density at radius 2 is 2.31 bits per heavy atom. The van der Waals surface area contributed by atoms with Crippen LogP contribution in [-0.4, -0.2) is 32.7 Å². The molecule has 0 aromatic carbocycles. The smallest absolute Gasteiger partial charge is 0.329 e. The van der Waals surface area contributed by atoms with Crippen LogP contribution in [0.3, 0.4) is 0 Å². The van der Waals surface area contributed by atoms with Crippen molar-refractivity contribution in [1.29, 1.82) is 0 Å². The van der Waals surface area contributed by atoms with E-state index in [1.807, 2.05) is 0 Å². The SMILES string of the molecule is CC(NC(=O)c1cn[nH]c1)(C(=O)O)C1CC1. The largest absolute Gasteiger partial charge is 0.480 e. The van der Waals surface area contributed by atoms with Crippen LogP contribution in [0.25, 0.3) is 0 Å². The van der Waals surface area contributed by atoms with E-state index in [0.717, 1.165) is 12.8 Å². The lowest BCUT2D eigenvalue weighted by Crippen LogP contribution is -2.53. The van der Waals surface area contributed by atoms with E-state index < -0.39 is 17.4 Å². The first kappa shape index (κ1) is 10.7. The molecule has 0 aliphatic heterocycles. The molecule has 1 heterocycles. The number of carboxylic acid groups (broad SMARTS) is 1. The molecule has 3 N–H and O–H groups in total. The molecule has 1 aliphatic rings. The summed E-state index contributed by atoms with van der Waals surface area (Å²) >= 11 is 0. The normalized spacial score (nSPS) is 18.8. The van der Waals surface area contributed by atoms with Crippen LogP contribution >= 0.6 is 0 Å². The summed E-state index contributed by atoms with van der Waals surface area (Å²) in [6, 6.07) is 0. The standard InChI is InChI=1S/C10H13N3O3/c1-10(9(15)16,7-2-3-7)13-8(14)6-4-11-12-5-6/h4-5,7H,2-3H2,1H3,(H,11,12)(H,13,14)(H,15,16). The highest BCUT2D eigenvalue weighted by Gasteiger charge is 2.48. The molecule has 1 fully saturated rings. The number of nitrogens with one attached hydrogen (secondary N) is 2. The number of aromatic amines is 1. The average molecular weight is 223 g/mol. The summed E-state index contributed by atoms with van der Waals surface area (Å²) in [7, 11) is 0. The van der Waals surface area contributed by atoms with Crippen molar-refractivity contribution in [2.24, 2.45) is 5.92 Å². The van der Waals surface area contributed by atoms with E-state index in [9.17, 15) is 9.59 Å². The van der Waals surface area contributed by atoms with Crippen molar-refractivity contribution >= 4 is 11.9 Å². The second-order valence-corrected chi connectivity index (χ2v) is 4.22. The summed E-state index contributed by atoms with van der Waals surface area (Å²) in [5.41, 5.74) is -0.831. The Morgan fingerprint density at radius 3 is 2.75 bits per heavy atom. The molecule has 1 amide bonds. The zero-order valence-electron chi connectivity index (χ0n) is 8.86. The lowest BCUT2D eigenvalue weighted by molar-refractivity contribution is -0.144. The van der Waals surface area contributed by atoms with Crippen LogP contribution < -0.4 is 5.32 Å². The van der Waals surface area contributed by atoms with Crippen LogP contribution in [0.2, 0.25) is 0 Å². The van der Waals surface area contributed by atoms with Crippen molar-refractivity contribution in [3.05, 3.63) is 18.0 Å². The number of carbonyl (C=O) groups excluding carboxylic acids is 1. The molecular weight excluding hydrogens is 210 g/mol. The maximum atomic E-state index is 11.7. The maximum absolute atomic E-state index is 11.7. The van der Waals surface area contributed by atoms with Gasteiger partial charge in [0.15, 0.2) is 0 Å². The molecule has 1 unspecified atom stereocenters. The fourth-order valence-electron chi connectivity index (χ4n) is 1.67. The van der Waals surface area contributed by atoms with Gasteiger partial charge in [-0.15, -0.1) is 0 Å². The lowest BCUT2D eigenvalue weighted by Gasteiger charge is -2.25. The minimum atomic E-state index is -1.17. The minimum absolute atomic E-state index is 0.0286. The molecule has 0 spiro atoms. The molecule has 2 rings (SSSR count). The average Bonchev–Trinajstić information content (AvgIpc) is 2.94. The number of aliphatic carboxylic acids is 1. The van der Waals surface area contributed by atoms with Gasteiger partial charge in [0.25, 0.3) is 5.91 Å². The quantitative estimate of drug-likeness (QED) is 0.688. The number of carboxylic acids is 1. The molecule has 1 atom stereocenters. The molecular formula is C10H13N3O3. The molecule has 16 heavy (non-hydrogen) atoms. The summed E-state index contributed by atoms with van der Waals surface area (Å²) in [4.78, 5) is 22.9. The van der Waals surface area contributed by atoms with E-state index >= 15 is 0 Å². The highest BCUT2D eigenvalue weighted by atomic mass is 16.4. The van der Waals surface area contributed by atoms with Gasteiger partial charge < -0.3 is 10.4 Å². The summed E-state index contributed by atoms with van der Waals surface area (Å²) in [6.07, 6.45) is 4.48. The van der Waals surface area contributed by atoms with Gasteiger partial charge in [-0.1, -0.05) is 0 Å². The number of hydrogen-bond donors (Lipinski definition) is 3. The summed E-state index contributed by atoms with van der Waals surface area (Å²) in [5, 5.41) is 17.9. The highest BCUT2D eigenvalue weighted by Crippen LogP contribution is 2.39. The number of rotatable bonds is 4. The van der Waals surface area contributed by atoms with Gasteiger partial charge in [-0.25, -0.2) is 4.79 Å². The van der Waals surface area contributed by atoms with Gasteiger partial charge in [-0.3, -0.25) is 9.89 Å². The Morgan fingerprint density at radius 1 is 1.62 bits per heavy atom. The van der Waals surface area contributed by atoms with Gasteiger partial charge in [0.2, 0.25) is 0 Å². The fourth-order valence-corrected chi connectivity index (χ4v) is 1.67. The zero-order valence-corrected chi connectivity index (χ0v) is 8.86. The molecule has 6 heteroatoms. The third kappa shape index (κ3) is 1.78. The molecule has 6 nitrogen and oxygen atoms in total. The lowest BCUT2D eigenvalue weighted by atomic mass is 9.95. The zero-order chi connectivity index (χ0) is 11.8. The molecule has 86 valence electrons. The van der Waals surface area contributed by atoms with Crippen molar-refractivity contribution in [1.82, 2.24) is 15.5 Å². The number of nitrogens with zero attached hydrogens (tertiary/aromatic N) is 1. The Kier molecular flexibility index (Phi) is 2.41. The minimum Gasteiger partial charge on any atom is -0.480 e. The van der Waals surface area contributed by atoms with Crippen LogP contribution in [-0.2, 0) is 4.79 Å². The molecule has 0 radical (unpaired) electrons. The first-order valence-electron chi connectivity index (χ1n) is 5.08. The van der Waals surface area contributed by atoms with E-state index in [0.29, 0.717) is 5.56 Å². The Bertz CT molecular complexity index is 411. The fraction of sp³-hybridized carbons (Fsp3) is 0.500. The first-order chi connectivity index (χ1) is 7.54. The Hall–Kier alpha value is -1.85. The first-order valence-corrected chi connectivity index (χ1v) is 5.08. The second-order valence-electron chi connectivity index (χ2n) is 4.22. The third-order valence-corrected chi connectivity index (χ3v) is 2.97. The van der Waals surface area contributed by atoms with Crippen molar-refractivity contribution in [3.63, 3.8) is 0 Å². The van der Waals surface area contributed by atoms with E-state index in [1.165, 1.54) is 12.4 Å². The van der Waals surface area contributed by atoms with Crippen LogP contribution in [0.1, 0.15) is 30.1 Å². The molecule has 1 aromatic rings. The molecule has 1 aromatic heterocycles. The van der Waals surface area contributed by atoms with Crippen molar-refractivity contribution in [3.8, 4) is 0 Å². The van der Waals surface area contributed by atoms with E-state index in [2.05, 4.69) is 15.5 Å². The molecule has 1 aliphatic carbocycles. The number of hydrogen-bond acceptors (Lipinski definition) is 3. The van der Waals surface area contributed by atoms with Crippen molar-refractivity contribution in [2.45, 2.75) is 25.3 Å². The van der Waals surface area contributed by atoms with Gasteiger partial charge in [0.1, 0.15) is 5.54 Å². The second kappa shape index (κ2) is 3.62. The van der Waals surface area contributed by atoms with Gasteiger partial charge in [-0.05, 0) is 25.7 Å². The van der Waals surface area contributed by atoms with Crippen LogP contribution in [0, 0.1) is 5.92 Å². The summed E-state index contributed by atoms with van der Waals surface area (Å²) in [5.74, 6) is -1.38. The van der Waals surface area contributed by atoms with Gasteiger partial charge in [0.05, 0.1) is 11.8 Å². The predicted molar refractivity (Wildman–Crippen MR) is 54.8 cm³/mol. The topological polar surface area (TPSA) is 95.1 Å². The van der Waals surface area contributed by atoms with E-state index in [-0.39, 0.29) is 5.92 Å². The van der Waals surface area contributed by atoms with Crippen molar-refractivity contribution in [2.75, 3.05) is 0 Å². The Balaban J connectivity index is 2.12. The van der Waals surface area contributed by atoms with Gasteiger partial charge >= 0.3 is 5.97 Å². The number of H-pyrrole nitrogens is 1. The Labute approximate surface area is 92.0 Å². The number of aromatic nitrogens is 2. The number of carbonyl (C=O) groups is 2. The summed E-state index contributed by atoms with van der Waals surface area (Å²) < 4.78 is 0. The monoisotopic (exact) mass is 223 g/mol. The van der Waals surface area contributed by atoms with Gasteiger partial charge in [0, 0.05) is 6.20 Å². The van der Waals surface area contributed by atoms with E-state index in [4.69, 9.17) is 5.11 Å². The van der Waals surface area contributed by atoms with E-state index in [1.54, 1.807) is 6.92 Å². The molecule has 0 bridgehead atoms. The van der Waals surface area contributed by atoms with Crippen LogP contribution in [0.5, 0.6) is 0 Å². The predicted octanol–water partition coefficient (Wildman–Crippen LogP) is 0.393. The molecule has 1 saturated carbocycles. The number of amides is 1. The molecule has 0 saturated heterocycles. The summed E-state index contributed by atoms with van der Waals surface area (Å²) in [6.45, 7) is 1.55. The maximum Gasteiger partial charge on any atom is 0.329 e. The third-order valence-electron chi connectivity index (χ3n) is 2.97. The van der Waals surface area contributed by atoms with Gasteiger partial charge in [-0.2, -0.15) is 5.10 Å².